The van der Waals surface area contributed by atoms with Gasteiger partial charge in [0.05, 0.1) is 11.3 Å². The minimum Gasteiger partial charge on any atom is -0.166 e. The van der Waals surface area contributed by atoms with Gasteiger partial charge in [-0.15, -0.1) is 0 Å². The maximum absolute atomic E-state index is 12.4. The lowest BCUT2D eigenvalue weighted by atomic mass is 10.1. The molecule has 82 valence electrons. The molecule has 16 heavy (non-hydrogen) atoms. The van der Waals surface area contributed by atoms with Crippen LogP contribution in [0.3, 0.4) is 0 Å². The van der Waals surface area contributed by atoms with Crippen LogP contribution in [0.2, 0.25) is 0 Å². The van der Waals surface area contributed by atoms with E-state index in [9.17, 15) is 13.2 Å². The largest absolute Gasteiger partial charge is 0.416 e. The van der Waals surface area contributed by atoms with Crippen molar-refractivity contribution in [3.63, 3.8) is 0 Å². The van der Waals surface area contributed by atoms with Gasteiger partial charge in [-0.25, -0.2) is 0 Å². The molecule has 0 radical (unpaired) electrons. The highest BCUT2D eigenvalue weighted by Crippen LogP contribution is 2.31. The first-order valence-electron chi connectivity index (χ1n) is 4.53. The van der Waals surface area contributed by atoms with Gasteiger partial charge in [0.1, 0.15) is 0 Å². The third-order valence-corrected chi connectivity index (χ3v) is 2.06. The Bertz CT molecular complexity index is 480. The normalized spacial score (nSPS) is 11.4. The molecule has 1 aromatic heterocycles. The molecule has 0 saturated heterocycles. The number of benzene rings is 1. The third kappa shape index (κ3) is 2.18. The first-order chi connectivity index (χ1) is 7.57. The molecular weight excluding hydrogens is 217 g/mol. The van der Waals surface area contributed by atoms with E-state index in [0.717, 1.165) is 12.1 Å². The molecule has 0 fully saturated rings. The van der Waals surface area contributed by atoms with Crippen molar-refractivity contribution in [2.45, 2.75) is 6.18 Å². The van der Waals surface area contributed by atoms with Crippen LogP contribution in [-0.4, -0.2) is 10.2 Å². The maximum atomic E-state index is 12.4. The second-order valence-electron chi connectivity index (χ2n) is 3.19. The fourth-order valence-electron chi connectivity index (χ4n) is 1.31. The lowest BCUT2D eigenvalue weighted by molar-refractivity contribution is -0.137. The second-order valence-corrected chi connectivity index (χ2v) is 3.19. The Balaban J connectivity index is 2.45. The van der Waals surface area contributed by atoms with Crippen molar-refractivity contribution in [2.75, 3.05) is 0 Å². The van der Waals surface area contributed by atoms with Crippen LogP contribution in [0, 0.1) is 0 Å². The van der Waals surface area contributed by atoms with Gasteiger partial charge >= 0.3 is 6.18 Å². The smallest absolute Gasteiger partial charge is 0.166 e. The Kier molecular flexibility index (Phi) is 2.60. The Morgan fingerprint density at radius 1 is 1.00 bits per heavy atom. The molecule has 2 rings (SSSR count). The van der Waals surface area contributed by atoms with E-state index in [0.29, 0.717) is 11.3 Å². The van der Waals surface area contributed by atoms with Crippen molar-refractivity contribution >= 4 is 0 Å². The lowest BCUT2D eigenvalue weighted by Crippen LogP contribution is -2.04. The van der Waals surface area contributed by atoms with Crippen LogP contribution in [0.15, 0.2) is 42.6 Å². The van der Waals surface area contributed by atoms with Gasteiger partial charge in [-0.1, -0.05) is 12.1 Å². The number of alkyl halides is 3. The monoisotopic (exact) mass is 224 g/mol. The Morgan fingerprint density at radius 3 is 2.44 bits per heavy atom. The van der Waals surface area contributed by atoms with Crippen molar-refractivity contribution in [3.8, 4) is 11.3 Å². The van der Waals surface area contributed by atoms with E-state index < -0.39 is 11.7 Å². The summed E-state index contributed by atoms with van der Waals surface area (Å²) in [6, 6.07) is 8.25. The van der Waals surface area contributed by atoms with Gasteiger partial charge in [-0.2, -0.15) is 23.4 Å². The number of halogens is 3. The van der Waals surface area contributed by atoms with Gasteiger partial charge in [0, 0.05) is 11.8 Å². The zero-order chi connectivity index (χ0) is 11.6. The minimum absolute atomic E-state index is 0.405. The van der Waals surface area contributed by atoms with E-state index in [4.69, 9.17) is 0 Å². The van der Waals surface area contributed by atoms with E-state index in [-0.39, 0.29) is 0 Å². The molecule has 0 saturated carbocycles. The quantitative estimate of drug-likeness (QED) is 0.743. The first kappa shape index (κ1) is 10.6. The summed E-state index contributed by atoms with van der Waals surface area (Å²) in [5.74, 6) is 0. The molecule has 2 nitrogen and oxygen atoms in total. The van der Waals surface area contributed by atoms with Crippen LogP contribution in [-0.2, 0) is 6.18 Å². The van der Waals surface area contributed by atoms with Crippen LogP contribution < -0.4 is 0 Å². The zero-order valence-electron chi connectivity index (χ0n) is 8.07. The highest BCUT2D eigenvalue weighted by Gasteiger charge is 2.30. The molecule has 2 aromatic rings. The molecule has 0 amide bonds. The van der Waals surface area contributed by atoms with E-state index in [1.54, 1.807) is 18.2 Å². The molecule has 5 heteroatoms. The third-order valence-electron chi connectivity index (χ3n) is 2.06. The fourth-order valence-corrected chi connectivity index (χ4v) is 1.31. The van der Waals surface area contributed by atoms with Gasteiger partial charge in [0.25, 0.3) is 0 Å². The number of aromatic nitrogens is 2. The summed E-state index contributed by atoms with van der Waals surface area (Å²) >= 11 is 0. The van der Waals surface area contributed by atoms with E-state index in [2.05, 4.69) is 10.2 Å². The predicted octanol–water partition coefficient (Wildman–Crippen LogP) is 3.16. The lowest BCUT2D eigenvalue weighted by Gasteiger charge is -2.07. The number of rotatable bonds is 1. The highest BCUT2D eigenvalue weighted by atomic mass is 19.4. The zero-order valence-corrected chi connectivity index (χ0v) is 8.07. The Morgan fingerprint density at radius 2 is 1.81 bits per heavy atom. The average Bonchev–Trinajstić information content (AvgIpc) is 2.29. The fraction of sp³-hybridized carbons (Fsp3) is 0.0909. The summed E-state index contributed by atoms with van der Waals surface area (Å²) in [5.41, 5.74) is 0.146. The highest BCUT2D eigenvalue weighted by molar-refractivity contribution is 5.59. The van der Waals surface area contributed by atoms with Gasteiger partial charge in [-0.05, 0) is 24.3 Å². The van der Waals surface area contributed by atoms with Gasteiger partial charge in [0.15, 0.2) is 0 Å². The van der Waals surface area contributed by atoms with Crippen molar-refractivity contribution < 1.29 is 13.2 Å². The summed E-state index contributed by atoms with van der Waals surface area (Å²) in [6.45, 7) is 0. The van der Waals surface area contributed by atoms with Crippen LogP contribution in [0.25, 0.3) is 11.3 Å². The predicted molar refractivity (Wildman–Crippen MR) is 52.5 cm³/mol. The van der Waals surface area contributed by atoms with Gasteiger partial charge in [0.2, 0.25) is 0 Å². The Labute approximate surface area is 89.8 Å². The van der Waals surface area contributed by atoms with Crippen molar-refractivity contribution in [1.29, 1.82) is 0 Å². The Hall–Kier alpha value is -1.91. The molecule has 0 N–H and O–H groups in total. The minimum atomic E-state index is -4.34. The van der Waals surface area contributed by atoms with Crippen LogP contribution in [0.4, 0.5) is 13.2 Å². The molecule has 1 aromatic carbocycles. The molecular formula is C11H7F3N2. The van der Waals surface area contributed by atoms with Gasteiger partial charge < -0.3 is 0 Å². The summed E-state index contributed by atoms with van der Waals surface area (Å²) in [6.07, 6.45) is -2.87. The summed E-state index contributed by atoms with van der Waals surface area (Å²) in [4.78, 5) is 0. The molecule has 0 atom stereocenters. The number of nitrogens with zero attached hydrogens (tertiary/aromatic N) is 2. The van der Waals surface area contributed by atoms with E-state index >= 15 is 0 Å². The molecule has 0 unspecified atom stereocenters. The van der Waals surface area contributed by atoms with Crippen molar-refractivity contribution in [1.82, 2.24) is 10.2 Å². The second kappa shape index (κ2) is 3.92. The van der Waals surface area contributed by atoms with E-state index in [1.807, 2.05) is 0 Å². The summed E-state index contributed by atoms with van der Waals surface area (Å²) in [5, 5.41) is 7.38. The molecule has 0 aliphatic carbocycles. The first-order valence-corrected chi connectivity index (χ1v) is 4.53. The maximum Gasteiger partial charge on any atom is 0.416 e. The van der Waals surface area contributed by atoms with Gasteiger partial charge in [-0.3, -0.25) is 0 Å². The summed E-state index contributed by atoms with van der Waals surface area (Å²) < 4.78 is 37.3. The number of hydrogen-bond donors (Lipinski definition) is 0. The molecule has 0 aliphatic heterocycles. The van der Waals surface area contributed by atoms with Crippen LogP contribution in [0.1, 0.15) is 5.56 Å². The SMILES string of the molecule is FC(F)(F)c1cccc(-c2cccnn2)c1. The van der Waals surface area contributed by atoms with E-state index in [1.165, 1.54) is 12.3 Å². The molecule has 0 bridgehead atoms. The number of hydrogen-bond acceptors (Lipinski definition) is 2. The molecule has 0 aliphatic rings. The van der Waals surface area contributed by atoms with Crippen molar-refractivity contribution in [2.24, 2.45) is 0 Å². The molecule has 1 heterocycles. The molecule has 0 spiro atoms. The van der Waals surface area contributed by atoms with Crippen LogP contribution in [0.5, 0.6) is 0 Å². The van der Waals surface area contributed by atoms with Crippen LogP contribution >= 0.6 is 0 Å². The topological polar surface area (TPSA) is 25.8 Å². The van der Waals surface area contributed by atoms with Crippen molar-refractivity contribution in [3.05, 3.63) is 48.2 Å². The average molecular weight is 224 g/mol. The summed E-state index contributed by atoms with van der Waals surface area (Å²) in [7, 11) is 0. The standard InChI is InChI=1S/C11H7F3N2/c12-11(13,14)9-4-1-3-8(7-9)10-5-2-6-15-16-10/h1-7H.